The van der Waals surface area contributed by atoms with Crippen molar-refractivity contribution in [3.8, 4) is 0 Å². The number of aromatic carboxylic acids is 1. The Kier molecular flexibility index (Phi) is 1.72. The first kappa shape index (κ1) is 8.10. The van der Waals surface area contributed by atoms with Crippen LogP contribution in [0.2, 0.25) is 0 Å². The van der Waals surface area contributed by atoms with E-state index in [1.54, 1.807) is 17.8 Å². The second kappa shape index (κ2) is 2.76. The maximum atomic E-state index is 10.6. The average Bonchev–Trinajstić information content (AvgIpc) is 2.78. The molecular formula is C8H11N3O2. The summed E-state index contributed by atoms with van der Waals surface area (Å²) >= 11 is 0. The molecule has 0 bridgehead atoms. The van der Waals surface area contributed by atoms with Gasteiger partial charge in [-0.2, -0.15) is 5.10 Å². The van der Waals surface area contributed by atoms with E-state index >= 15 is 0 Å². The standard InChI is InChI=1S/C8H11N3O2/c1-11-7(9-5-2-3-5)4-6(10-11)8(12)13/h4-5,9H,2-3H2,1H3,(H,12,13). The summed E-state index contributed by atoms with van der Waals surface area (Å²) in [6.45, 7) is 0. The molecule has 1 aliphatic carbocycles. The zero-order valence-corrected chi connectivity index (χ0v) is 7.32. The van der Waals surface area contributed by atoms with Gasteiger partial charge in [-0.15, -0.1) is 0 Å². The van der Waals surface area contributed by atoms with Gasteiger partial charge in [-0.1, -0.05) is 0 Å². The third-order valence-electron chi connectivity index (χ3n) is 2.03. The van der Waals surface area contributed by atoms with Crippen LogP contribution in [0.1, 0.15) is 23.3 Å². The highest BCUT2D eigenvalue weighted by Crippen LogP contribution is 2.24. The number of rotatable bonds is 3. The summed E-state index contributed by atoms with van der Waals surface area (Å²) in [7, 11) is 1.73. The predicted octanol–water partition coefficient (Wildman–Crippen LogP) is 0.693. The molecule has 0 atom stereocenters. The Balaban J connectivity index is 2.18. The number of nitrogens with zero attached hydrogens (tertiary/aromatic N) is 2. The molecule has 2 N–H and O–H groups in total. The Bertz CT molecular complexity index is 341. The molecule has 1 heterocycles. The molecule has 2 rings (SSSR count). The lowest BCUT2D eigenvalue weighted by atomic mass is 10.4. The number of anilines is 1. The number of hydrogen-bond acceptors (Lipinski definition) is 3. The molecule has 1 saturated carbocycles. The number of nitrogens with one attached hydrogen (secondary N) is 1. The summed E-state index contributed by atoms with van der Waals surface area (Å²) in [5.41, 5.74) is 0.0886. The van der Waals surface area contributed by atoms with E-state index in [0.717, 1.165) is 18.7 Å². The largest absolute Gasteiger partial charge is 0.476 e. The molecule has 0 aromatic carbocycles. The molecule has 13 heavy (non-hydrogen) atoms. The summed E-state index contributed by atoms with van der Waals surface area (Å²) < 4.78 is 1.56. The molecule has 1 fully saturated rings. The molecule has 5 nitrogen and oxygen atoms in total. The molecule has 1 aliphatic rings. The van der Waals surface area contributed by atoms with E-state index in [2.05, 4.69) is 10.4 Å². The van der Waals surface area contributed by atoms with Crippen molar-refractivity contribution in [1.29, 1.82) is 0 Å². The summed E-state index contributed by atoms with van der Waals surface area (Å²) in [4.78, 5) is 10.6. The Morgan fingerprint density at radius 1 is 1.77 bits per heavy atom. The third-order valence-corrected chi connectivity index (χ3v) is 2.03. The Hall–Kier alpha value is -1.52. The fourth-order valence-corrected chi connectivity index (χ4v) is 1.14. The third kappa shape index (κ3) is 1.63. The molecule has 0 radical (unpaired) electrons. The van der Waals surface area contributed by atoms with Crippen molar-refractivity contribution in [2.75, 3.05) is 5.32 Å². The molecule has 0 spiro atoms. The fraction of sp³-hybridized carbons (Fsp3) is 0.500. The highest BCUT2D eigenvalue weighted by molar-refractivity contribution is 5.86. The number of aryl methyl sites for hydroxylation is 1. The number of carboxylic acids is 1. The smallest absolute Gasteiger partial charge is 0.356 e. The van der Waals surface area contributed by atoms with E-state index in [4.69, 9.17) is 5.11 Å². The average molecular weight is 181 g/mol. The van der Waals surface area contributed by atoms with Crippen LogP contribution in [0.4, 0.5) is 5.82 Å². The molecule has 5 heteroatoms. The SMILES string of the molecule is Cn1nc(C(=O)O)cc1NC1CC1. The molecule has 0 unspecified atom stereocenters. The van der Waals surface area contributed by atoms with Gasteiger partial charge < -0.3 is 10.4 Å². The minimum absolute atomic E-state index is 0.0886. The van der Waals surface area contributed by atoms with Crippen LogP contribution in [0.25, 0.3) is 0 Å². The van der Waals surface area contributed by atoms with Crippen molar-refractivity contribution < 1.29 is 9.90 Å². The van der Waals surface area contributed by atoms with Gasteiger partial charge in [0.2, 0.25) is 0 Å². The van der Waals surface area contributed by atoms with E-state index in [0.29, 0.717) is 6.04 Å². The van der Waals surface area contributed by atoms with Gasteiger partial charge in [-0.05, 0) is 12.8 Å². The fourth-order valence-electron chi connectivity index (χ4n) is 1.14. The highest BCUT2D eigenvalue weighted by Gasteiger charge is 2.23. The van der Waals surface area contributed by atoms with Gasteiger partial charge in [0, 0.05) is 19.2 Å². The minimum atomic E-state index is -0.987. The first-order chi connectivity index (χ1) is 6.16. The second-order valence-electron chi connectivity index (χ2n) is 3.26. The van der Waals surface area contributed by atoms with Crippen molar-refractivity contribution in [3.63, 3.8) is 0 Å². The lowest BCUT2D eigenvalue weighted by Gasteiger charge is -2.02. The van der Waals surface area contributed by atoms with Crippen LogP contribution in [-0.2, 0) is 7.05 Å². The van der Waals surface area contributed by atoms with Crippen LogP contribution in [0, 0.1) is 0 Å². The van der Waals surface area contributed by atoms with Gasteiger partial charge in [0.15, 0.2) is 5.69 Å². The number of carbonyl (C=O) groups is 1. The minimum Gasteiger partial charge on any atom is -0.476 e. The predicted molar refractivity (Wildman–Crippen MR) is 46.8 cm³/mol. The lowest BCUT2D eigenvalue weighted by Crippen LogP contribution is -2.05. The monoisotopic (exact) mass is 181 g/mol. The van der Waals surface area contributed by atoms with E-state index < -0.39 is 5.97 Å². The zero-order chi connectivity index (χ0) is 9.42. The van der Waals surface area contributed by atoms with E-state index in [1.807, 2.05) is 0 Å². The van der Waals surface area contributed by atoms with Crippen molar-refractivity contribution in [2.24, 2.45) is 7.05 Å². The van der Waals surface area contributed by atoms with Crippen LogP contribution in [-0.4, -0.2) is 26.9 Å². The van der Waals surface area contributed by atoms with Crippen LogP contribution in [0.5, 0.6) is 0 Å². The van der Waals surface area contributed by atoms with E-state index in [-0.39, 0.29) is 5.69 Å². The number of carboxylic acid groups (broad SMARTS) is 1. The summed E-state index contributed by atoms with van der Waals surface area (Å²) in [5.74, 6) is -0.209. The second-order valence-corrected chi connectivity index (χ2v) is 3.26. The molecule has 0 amide bonds. The summed E-state index contributed by atoms with van der Waals surface area (Å²) in [5, 5.41) is 15.7. The van der Waals surface area contributed by atoms with Crippen LogP contribution in [0.15, 0.2) is 6.07 Å². The maximum Gasteiger partial charge on any atom is 0.356 e. The van der Waals surface area contributed by atoms with Gasteiger partial charge in [0.25, 0.3) is 0 Å². The normalized spacial score (nSPS) is 15.8. The number of aromatic nitrogens is 2. The van der Waals surface area contributed by atoms with Crippen LogP contribution >= 0.6 is 0 Å². The van der Waals surface area contributed by atoms with E-state index in [9.17, 15) is 4.79 Å². The molecule has 0 saturated heterocycles. The van der Waals surface area contributed by atoms with Gasteiger partial charge in [0.05, 0.1) is 0 Å². The van der Waals surface area contributed by atoms with E-state index in [1.165, 1.54) is 0 Å². The van der Waals surface area contributed by atoms with Gasteiger partial charge in [0.1, 0.15) is 5.82 Å². The van der Waals surface area contributed by atoms with Crippen LogP contribution < -0.4 is 5.32 Å². The van der Waals surface area contributed by atoms with Crippen molar-refractivity contribution in [2.45, 2.75) is 18.9 Å². The quantitative estimate of drug-likeness (QED) is 0.720. The first-order valence-electron chi connectivity index (χ1n) is 4.20. The molecule has 70 valence electrons. The summed E-state index contributed by atoms with van der Waals surface area (Å²) in [6, 6.07) is 2.07. The van der Waals surface area contributed by atoms with Crippen LogP contribution in [0.3, 0.4) is 0 Å². The van der Waals surface area contributed by atoms with Gasteiger partial charge >= 0.3 is 5.97 Å². The first-order valence-corrected chi connectivity index (χ1v) is 4.20. The van der Waals surface area contributed by atoms with Crippen molar-refractivity contribution in [1.82, 2.24) is 9.78 Å². The van der Waals surface area contributed by atoms with Gasteiger partial charge in [-0.3, -0.25) is 4.68 Å². The highest BCUT2D eigenvalue weighted by atomic mass is 16.4. The van der Waals surface area contributed by atoms with Gasteiger partial charge in [-0.25, -0.2) is 4.79 Å². The molecule has 0 aliphatic heterocycles. The Morgan fingerprint density at radius 3 is 2.92 bits per heavy atom. The number of hydrogen-bond donors (Lipinski definition) is 2. The Morgan fingerprint density at radius 2 is 2.46 bits per heavy atom. The molecule has 1 aromatic rings. The van der Waals surface area contributed by atoms with Crippen molar-refractivity contribution in [3.05, 3.63) is 11.8 Å². The maximum absolute atomic E-state index is 10.6. The Labute approximate surface area is 75.4 Å². The topological polar surface area (TPSA) is 67.2 Å². The molecular weight excluding hydrogens is 170 g/mol. The van der Waals surface area contributed by atoms with Crippen molar-refractivity contribution >= 4 is 11.8 Å². The zero-order valence-electron chi connectivity index (χ0n) is 7.32. The lowest BCUT2D eigenvalue weighted by molar-refractivity contribution is 0.0689. The molecule has 1 aromatic heterocycles. The summed E-state index contributed by atoms with van der Waals surface area (Å²) in [6.07, 6.45) is 2.32.